The quantitative estimate of drug-likeness (QED) is 0.854. The highest BCUT2D eigenvalue weighted by Crippen LogP contribution is 2.40. The van der Waals surface area contributed by atoms with Crippen LogP contribution in [0.3, 0.4) is 0 Å². The molecule has 1 unspecified atom stereocenters. The highest BCUT2D eigenvalue weighted by Gasteiger charge is 2.24. The van der Waals surface area contributed by atoms with Crippen LogP contribution in [0, 0.1) is 5.82 Å². The smallest absolute Gasteiger partial charge is 0.134 e. The van der Waals surface area contributed by atoms with Gasteiger partial charge in [0.25, 0.3) is 0 Å². The van der Waals surface area contributed by atoms with Gasteiger partial charge in [0.05, 0.1) is 11.3 Å². The van der Waals surface area contributed by atoms with Gasteiger partial charge in [-0.2, -0.15) is 0 Å². The Morgan fingerprint density at radius 2 is 2.35 bits per heavy atom. The van der Waals surface area contributed by atoms with E-state index in [4.69, 9.17) is 5.73 Å². The molecule has 1 atom stereocenters. The summed E-state index contributed by atoms with van der Waals surface area (Å²) in [5.74, 6) is 0.726. The van der Waals surface area contributed by atoms with Crippen molar-refractivity contribution in [2.24, 2.45) is 5.73 Å². The maximum atomic E-state index is 14.2. The summed E-state index contributed by atoms with van der Waals surface area (Å²) < 4.78 is 14.2. The number of nitrogens with zero attached hydrogens (tertiary/aromatic N) is 1. The highest BCUT2D eigenvalue weighted by atomic mass is 32.2. The fourth-order valence-electron chi connectivity index (χ4n) is 2.55. The van der Waals surface area contributed by atoms with E-state index < -0.39 is 0 Å². The van der Waals surface area contributed by atoms with Gasteiger partial charge in [-0.15, -0.1) is 23.1 Å². The summed E-state index contributed by atoms with van der Waals surface area (Å²) >= 11 is 3.25. The van der Waals surface area contributed by atoms with E-state index in [0.717, 1.165) is 40.6 Å². The SMILES string of the molecule is CCSc1cccc(F)c1-c1nc2c(s1)CCCC2N. The van der Waals surface area contributed by atoms with E-state index in [0.29, 0.717) is 5.56 Å². The zero-order valence-corrected chi connectivity index (χ0v) is 13.0. The van der Waals surface area contributed by atoms with Gasteiger partial charge in [-0.1, -0.05) is 13.0 Å². The number of fused-ring (bicyclic) bond motifs is 1. The van der Waals surface area contributed by atoms with Crippen LogP contribution in [0.15, 0.2) is 23.1 Å². The van der Waals surface area contributed by atoms with E-state index in [1.54, 1.807) is 29.2 Å². The van der Waals surface area contributed by atoms with Gasteiger partial charge in [0, 0.05) is 15.8 Å². The molecule has 1 aliphatic carbocycles. The van der Waals surface area contributed by atoms with Crippen LogP contribution in [0.1, 0.15) is 36.4 Å². The Morgan fingerprint density at radius 1 is 1.50 bits per heavy atom. The van der Waals surface area contributed by atoms with Crippen molar-refractivity contribution < 1.29 is 4.39 Å². The molecule has 0 fully saturated rings. The largest absolute Gasteiger partial charge is 0.323 e. The van der Waals surface area contributed by atoms with Crippen molar-refractivity contribution in [3.63, 3.8) is 0 Å². The fourth-order valence-corrected chi connectivity index (χ4v) is 4.67. The van der Waals surface area contributed by atoms with E-state index >= 15 is 0 Å². The third kappa shape index (κ3) is 2.50. The fraction of sp³-hybridized carbons (Fsp3) is 0.400. The first-order chi connectivity index (χ1) is 9.70. The Kier molecular flexibility index (Phi) is 4.10. The van der Waals surface area contributed by atoms with Crippen LogP contribution in [0.5, 0.6) is 0 Å². The van der Waals surface area contributed by atoms with Gasteiger partial charge in [-0.25, -0.2) is 9.37 Å². The monoisotopic (exact) mass is 308 g/mol. The second kappa shape index (κ2) is 5.84. The molecule has 1 aliphatic rings. The molecule has 5 heteroatoms. The predicted octanol–water partition coefficient (Wildman–Crippen LogP) is 4.40. The molecule has 3 rings (SSSR count). The average molecular weight is 308 g/mol. The van der Waals surface area contributed by atoms with Crippen LogP contribution in [0.25, 0.3) is 10.6 Å². The molecule has 2 nitrogen and oxygen atoms in total. The summed E-state index contributed by atoms with van der Waals surface area (Å²) in [4.78, 5) is 6.84. The van der Waals surface area contributed by atoms with Gasteiger partial charge in [-0.3, -0.25) is 0 Å². The lowest BCUT2D eigenvalue weighted by molar-refractivity contribution is 0.563. The van der Waals surface area contributed by atoms with Crippen molar-refractivity contribution in [1.82, 2.24) is 4.98 Å². The van der Waals surface area contributed by atoms with Crippen LogP contribution in [-0.4, -0.2) is 10.7 Å². The molecule has 0 bridgehead atoms. The number of halogens is 1. The third-order valence-corrected chi connectivity index (χ3v) is 5.58. The Morgan fingerprint density at radius 3 is 3.10 bits per heavy atom. The number of thiazole rings is 1. The molecule has 2 N–H and O–H groups in total. The third-order valence-electron chi connectivity index (χ3n) is 3.49. The van der Waals surface area contributed by atoms with Gasteiger partial charge < -0.3 is 5.73 Å². The summed E-state index contributed by atoms with van der Waals surface area (Å²) in [6.45, 7) is 2.07. The number of thioether (sulfide) groups is 1. The molecule has 1 heterocycles. The number of nitrogens with two attached hydrogens (primary N) is 1. The Balaban J connectivity index is 2.09. The van der Waals surface area contributed by atoms with Crippen LogP contribution in [0.4, 0.5) is 4.39 Å². The number of aryl methyl sites for hydroxylation is 1. The molecule has 2 aromatic rings. The zero-order valence-electron chi connectivity index (χ0n) is 11.4. The van der Waals surface area contributed by atoms with Gasteiger partial charge in [0.15, 0.2) is 0 Å². The number of hydrogen-bond acceptors (Lipinski definition) is 4. The van der Waals surface area contributed by atoms with Crippen LogP contribution < -0.4 is 5.73 Å². The number of aromatic nitrogens is 1. The molecule has 0 radical (unpaired) electrons. The van der Waals surface area contributed by atoms with Crippen molar-refractivity contribution in [3.8, 4) is 10.6 Å². The summed E-state index contributed by atoms with van der Waals surface area (Å²) in [6, 6.07) is 5.25. The van der Waals surface area contributed by atoms with Crippen molar-refractivity contribution in [3.05, 3.63) is 34.6 Å². The summed E-state index contributed by atoms with van der Waals surface area (Å²) in [5.41, 5.74) is 7.74. The first-order valence-corrected chi connectivity index (χ1v) is 8.67. The van der Waals surface area contributed by atoms with Crippen LogP contribution >= 0.6 is 23.1 Å². The topological polar surface area (TPSA) is 38.9 Å². The second-order valence-electron chi connectivity index (χ2n) is 4.87. The van der Waals surface area contributed by atoms with E-state index in [9.17, 15) is 4.39 Å². The molecule has 0 amide bonds. The Bertz CT molecular complexity index is 624. The molecular formula is C15H17FN2S2. The first-order valence-electron chi connectivity index (χ1n) is 6.87. The lowest BCUT2D eigenvalue weighted by Gasteiger charge is -2.15. The van der Waals surface area contributed by atoms with Gasteiger partial charge in [0.2, 0.25) is 0 Å². The molecule has 1 aromatic carbocycles. The molecule has 0 spiro atoms. The van der Waals surface area contributed by atoms with Crippen molar-refractivity contribution in [2.45, 2.75) is 37.1 Å². The zero-order chi connectivity index (χ0) is 14.1. The normalized spacial score (nSPS) is 18.1. The summed E-state index contributed by atoms with van der Waals surface area (Å²) in [5, 5.41) is 0.779. The van der Waals surface area contributed by atoms with E-state index in [-0.39, 0.29) is 11.9 Å². The molecule has 106 valence electrons. The molecule has 0 aliphatic heterocycles. The average Bonchev–Trinajstić information content (AvgIpc) is 2.84. The summed E-state index contributed by atoms with van der Waals surface area (Å²) in [6.07, 6.45) is 3.10. The van der Waals surface area contributed by atoms with Crippen LogP contribution in [-0.2, 0) is 6.42 Å². The Labute approximate surface area is 126 Å². The summed E-state index contributed by atoms with van der Waals surface area (Å²) in [7, 11) is 0. The van der Waals surface area contributed by atoms with Gasteiger partial charge in [0.1, 0.15) is 10.8 Å². The van der Waals surface area contributed by atoms with Gasteiger partial charge >= 0.3 is 0 Å². The van der Waals surface area contributed by atoms with Crippen molar-refractivity contribution in [2.75, 3.05) is 5.75 Å². The Hall–Kier alpha value is -0.910. The van der Waals surface area contributed by atoms with E-state index in [1.165, 1.54) is 10.9 Å². The standard InChI is InChI=1S/C15H17FN2S2/c1-2-19-11-7-3-5-9(16)13(11)15-18-14-10(17)6-4-8-12(14)20-15/h3,5,7,10H,2,4,6,8,17H2,1H3. The predicted molar refractivity (Wildman–Crippen MR) is 83.8 cm³/mol. The maximum absolute atomic E-state index is 14.2. The van der Waals surface area contributed by atoms with E-state index in [1.807, 2.05) is 6.07 Å². The van der Waals surface area contributed by atoms with E-state index in [2.05, 4.69) is 11.9 Å². The minimum absolute atomic E-state index is 0.0119. The van der Waals surface area contributed by atoms with Gasteiger partial charge in [-0.05, 0) is 37.1 Å². The molecule has 0 saturated heterocycles. The lowest BCUT2D eigenvalue weighted by Crippen LogP contribution is -2.16. The minimum Gasteiger partial charge on any atom is -0.323 e. The number of benzene rings is 1. The minimum atomic E-state index is -0.192. The van der Waals surface area contributed by atoms with Crippen molar-refractivity contribution >= 4 is 23.1 Å². The lowest BCUT2D eigenvalue weighted by atomic mass is 9.99. The number of rotatable bonds is 3. The second-order valence-corrected chi connectivity index (χ2v) is 7.26. The first kappa shape index (κ1) is 14.0. The number of hydrogen-bond donors (Lipinski definition) is 1. The van der Waals surface area contributed by atoms with Crippen LogP contribution in [0.2, 0.25) is 0 Å². The molecule has 0 saturated carbocycles. The highest BCUT2D eigenvalue weighted by molar-refractivity contribution is 7.99. The molecule has 1 aromatic heterocycles. The maximum Gasteiger partial charge on any atom is 0.134 e. The van der Waals surface area contributed by atoms with Crippen molar-refractivity contribution in [1.29, 1.82) is 0 Å². The molecular weight excluding hydrogens is 291 g/mol. The molecule has 20 heavy (non-hydrogen) atoms.